The maximum Gasteiger partial charge on any atom is 0.0121 e. The SMILES string of the molecule is CCNC(CC1Cc2ccccc21)C(C)(C)C. The van der Waals surface area contributed by atoms with E-state index in [2.05, 4.69) is 57.3 Å². The summed E-state index contributed by atoms with van der Waals surface area (Å²) >= 11 is 0. The largest absolute Gasteiger partial charge is 0.314 e. The standard InChI is InChI=1S/C16H25N/c1-5-17-15(16(2,3)4)11-13-10-12-8-6-7-9-14(12)13/h6-9,13,15,17H,5,10-11H2,1-4H3. The molecule has 1 N–H and O–H groups in total. The lowest BCUT2D eigenvalue weighted by atomic mass is 9.71. The highest BCUT2D eigenvalue weighted by atomic mass is 14.9. The highest BCUT2D eigenvalue weighted by Gasteiger charge is 2.32. The molecule has 0 radical (unpaired) electrons. The minimum Gasteiger partial charge on any atom is -0.314 e. The zero-order chi connectivity index (χ0) is 12.5. The average molecular weight is 231 g/mol. The number of benzene rings is 1. The van der Waals surface area contributed by atoms with Crippen molar-refractivity contribution in [2.45, 2.75) is 52.5 Å². The lowest BCUT2D eigenvalue weighted by molar-refractivity contribution is 0.240. The molecule has 0 saturated carbocycles. The first-order valence-electron chi connectivity index (χ1n) is 6.83. The Bertz CT molecular complexity index is 375. The molecule has 0 fully saturated rings. The molecule has 2 unspecified atom stereocenters. The summed E-state index contributed by atoms with van der Waals surface area (Å²) in [5, 5.41) is 3.65. The zero-order valence-corrected chi connectivity index (χ0v) is 11.6. The lowest BCUT2D eigenvalue weighted by Gasteiger charge is -2.38. The second-order valence-electron chi connectivity index (χ2n) is 6.31. The van der Waals surface area contributed by atoms with Gasteiger partial charge in [0, 0.05) is 6.04 Å². The van der Waals surface area contributed by atoms with E-state index in [0.717, 1.165) is 12.5 Å². The van der Waals surface area contributed by atoms with Crippen molar-refractivity contribution < 1.29 is 0 Å². The van der Waals surface area contributed by atoms with Crippen LogP contribution in [0.4, 0.5) is 0 Å². The van der Waals surface area contributed by atoms with Gasteiger partial charge in [-0.1, -0.05) is 52.0 Å². The van der Waals surface area contributed by atoms with Crippen LogP contribution >= 0.6 is 0 Å². The summed E-state index contributed by atoms with van der Waals surface area (Å²) in [6.07, 6.45) is 2.54. The quantitative estimate of drug-likeness (QED) is 0.832. The van der Waals surface area contributed by atoms with Crippen molar-refractivity contribution in [3.8, 4) is 0 Å². The molecule has 1 aliphatic rings. The summed E-state index contributed by atoms with van der Waals surface area (Å²) in [5.41, 5.74) is 3.49. The summed E-state index contributed by atoms with van der Waals surface area (Å²) in [6.45, 7) is 10.3. The Morgan fingerprint density at radius 3 is 2.59 bits per heavy atom. The van der Waals surface area contributed by atoms with Gasteiger partial charge in [0.15, 0.2) is 0 Å². The molecule has 0 saturated heterocycles. The summed E-state index contributed by atoms with van der Waals surface area (Å²) in [6, 6.07) is 9.51. The van der Waals surface area contributed by atoms with Crippen LogP contribution in [0.25, 0.3) is 0 Å². The fraction of sp³-hybridized carbons (Fsp3) is 0.625. The Kier molecular flexibility index (Phi) is 3.58. The predicted molar refractivity (Wildman–Crippen MR) is 74.4 cm³/mol. The van der Waals surface area contributed by atoms with Crippen LogP contribution < -0.4 is 5.32 Å². The van der Waals surface area contributed by atoms with Gasteiger partial charge in [-0.2, -0.15) is 0 Å². The van der Waals surface area contributed by atoms with Crippen molar-refractivity contribution in [1.29, 1.82) is 0 Å². The van der Waals surface area contributed by atoms with Crippen LogP contribution in [-0.2, 0) is 6.42 Å². The Labute approximate surface area is 106 Å². The third-order valence-corrected chi connectivity index (χ3v) is 3.98. The van der Waals surface area contributed by atoms with Crippen LogP contribution in [0.5, 0.6) is 0 Å². The molecular weight excluding hydrogens is 206 g/mol. The molecule has 2 atom stereocenters. The average Bonchev–Trinajstić information content (AvgIpc) is 2.23. The lowest BCUT2D eigenvalue weighted by Crippen LogP contribution is -2.42. The van der Waals surface area contributed by atoms with Crippen LogP contribution in [0.2, 0.25) is 0 Å². The van der Waals surface area contributed by atoms with E-state index < -0.39 is 0 Å². The number of hydrogen-bond acceptors (Lipinski definition) is 1. The minimum absolute atomic E-state index is 0.348. The third-order valence-electron chi connectivity index (χ3n) is 3.98. The number of hydrogen-bond donors (Lipinski definition) is 1. The van der Waals surface area contributed by atoms with E-state index >= 15 is 0 Å². The van der Waals surface area contributed by atoms with Gasteiger partial charge in [-0.25, -0.2) is 0 Å². The van der Waals surface area contributed by atoms with Gasteiger partial charge in [-0.05, 0) is 41.8 Å². The van der Waals surface area contributed by atoms with Gasteiger partial charge in [-0.3, -0.25) is 0 Å². The maximum atomic E-state index is 3.65. The van der Waals surface area contributed by atoms with Crippen molar-refractivity contribution in [2.24, 2.45) is 5.41 Å². The van der Waals surface area contributed by atoms with E-state index in [9.17, 15) is 0 Å². The van der Waals surface area contributed by atoms with E-state index in [1.807, 2.05) is 0 Å². The van der Waals surface area contributed by atoms with E-state index in [1.54, 1.807) is 11.1 Å². The van der Waals surface area contributed by atoms with Gasteiger partial charge < -0.3 is 5.32 Å². The Morgan fingerprint density at radius 2 is 2.00 bits per heavy atom. The first kappa shape index (κ1) is 12.6. The zero-order valence-electron chi connectivity index (χ0n) is 11.6. The number of rotatable bonds is 4. The molecule has 0 amide bonds. The van der Waals surface area contributed by atoms with Gasteiger partial charge in [0.2, 0.25) is 0 Å². The molecule has 1 aromatic rings. The van der Waals surface area contributed by atoms with E-state index in [-0.39, 0.29) is 0 Å². The first-order chi connectivity index (χ1) is 8.02. The normalized spacial score (nSPS) is 20.6. The molecule has 0 bridgehead atoms. The van der Waals surface area contributed by atoms with Crippen LogP contribution in [-0.4, -0.2) is 12.6 Å². The molecule has 0 spiro atoms. The van der Waals surface area contributed by atoms with Crippen LogP contribution in [0.1, 0.15) is 51.2 Å². The smallest absolute Gasteiger partial charge is 0.0121 e. The fourth-order valence-electron chi connectivity index (χ4n) is 2.85. The van der Waals surface area contributed by atoms with Crippen molar-refractivity contribution in [1.82, 2.24) is 5.32 Å². The summed E-state index contributed by atoms with van der Waals surface area (Å²) in [4.78, 5) is 0. The first-order valence-corrected chi connectivity index (χ1v) is 6.83. The van der Waals surface area contributed by atoms with Crippen molar-refractivity contribution >= 4 is 0 Å². The number of nitrogens with one attached hydrogen (secondary N) is 1. The fourth-order valence-corrected chi connectivity index (χ4v) is 2.85. The highest BCUT2D eigenvalue weighted by molar-refractivity contribution is 5.40. The molecule has 1 nitrogen and oxygen atoms in total. The molecular formula is C16H25N. The molecule has 0 aliphatic heterocycles. The second kappa shape index (κ2) is 4.81. The molecule has 1 aliphatic carbocycles. The Morgan fingerprint density at radius 1 is 1.29 bits per heavy atom. The van der Waals surface area contributed by atoms with E-state index in [0.29, 0.717) is 11.5 Å². The van der Waals surface area contributed by atoms with Crippen molar-refractivity contribution in [3.63, 3.8) is 0 Å². The Hall–Kier alpha value is -0.820. The molecule has 2 rings (SSSR count). The monoisotopic (exact) mass is 231 g/mol. The molecule has 1 aromatic carbocycles. The van der Waals surface area contributed by atoms with Crippen LogP contribution in [0, 0.1) is 5.41 Å². The van der Waals surface area contributed by atoms with E-state index in [1.165, 1.54) is 12.8 Å². The summed E-state index contributed by atoms with van der Waals surface area (Å²) < 4.78 is 0. The van der Waals surface area contributed by atoms with Gasteiger partial charge in [-0.15, -0.1) is 0 Å². The predicted octanol–water partition coefficient (Wildman–Crippen LogP) is 3.74. The molecule has 0 heterocycles. The maximum absolute atomic E-state index is 3.65. The summed E-state index contributed by atoms with van der Waals surface area (Å²) in [5.74, 6) is 0.773. The second-order valence-corrected chi connectivity index (χ2v) is 6.31. The number of fused-ring (bicyclic) bond motifs is 1. The Balaban J connectivity index is 2.02. The summed E-state index contributed by atoms with van der Waals surface area (Å²) in [7, 11) is 0. The molecule has 1 heteroatoms. The van der Waals surface area contributed by atoms with Crippen molar-refractivity contribution in [3.05, 3.63) is 35.4 Å². The van der Waals surface area contributed by atoms with Crippen LogP contribution in [0.15, 0.2) is 24.3 Å². The van der Waals surface area contributed by atoms with Crippen molar-refractivity contribution in [2.75, 3.05) is 6.54 Å². The van der Waals surface area contributed by atoms with Gasteiger partial charge in [0.05, 0.1) is 0 Å². The topological polar surface area (TPSA) is 12.0 Å². The third kappa shape index (κ3) is 2.71. The molecule has 94 valence electrons. The molecule has 0 aromatic heterocycles. The highest BCUT2D eigenvalue weighted by Crippen LogP contribution is 2.40. The van der Waals surface area contributed by atoms with Gasteiger partial charge in [0.25, 0.3) is 0 Å². The minimum atomic E-state index is 0.348. The van der Waals surface area contributed by atoms with Gasteiger partial charge in [0.1, 0.15) is 0 Å². The molecule has 17 heavy (non-hydrogen) atoms. The van der Waals surface area contributed by atoms with Gasteiger partial charge >= 0.3 is 0 Å². The van der Waals surface area contributed by atoms with E-state index in [4.69, 9.17) is 0 Å². The van der Waals surface area contributed by atoms with Crippen LogP contribution in [0.3, 0.4) is 0 Å².